The zero-order valence-corrected chi connectivity index (χ0v) is 7.13. The summed E-state index contributed by atoms with van der Waals surface area (Å²) in [7, 11) is 1.60. The number of pyridine rings is 1. The molecule has 0 saturated heterocycles. The zero-order chi connectivity index (χ0) is 5.82. The first-order chi connectivity index (χ1) is 3.93. The number of hydrogen-bond acceptors (Lipinski definition) is 2. The summed E-state index contributed by atoms with van der Waals surface area (Å²) in [6.45, 7) is 0. The summed E-state index contributed by atoms with van der Waals surface area (Å²) in [6.07, 6.45) is 1.69. The van der Waals surface area contributed by atoms with Gasteiger partial charge in [0, 0.05) is 29.3 Å². The molecule has 0 unspecified atom stereocenters. The molecule has 1 heterocycles. The smallest absolute Gasteiger partial charge is 0.212 e. The molecule has 0 atom stereocenters. The molecule has 1 aromatic rings. The molecular weight excluding hydrogens is 201 g/mol. The van der Waals surface area contributed by atoms with Crippen molar-refractivity contribution in [3.8, 4) is 5.88 Å². The van der Waals surface area contributed by atoms with E-state index in [0.29, 0.717) is 5.88 Å². The quantitative estimate of drug-likeness (QED) is 0.654. The summed E-state index contributed by atoms with van der Waals surface area (Å²) in [4.78, 5) is 3.88. The van der Waals surface area contributed by atoms with Crippen molar-refractivity contribution >= 4 is 12.4 Å². The predicted octanol–water partition coefficient (Wildman–Crippen LogP) is 1.51. The van der Waals surface area contributed by atoms with Gasteiger partial charge in [0.1, 0.15) is 0 Å². The molecule has 4 heteroatoms. The summed E-state index contributed by atoms with van der Waals surface area (Å²) in [6, 6.07) is 5.54. The predicted molar refractivity (Wildman–Crippen MR) is 38.0 cm³/mol. The molecule has 0 bridgehead atoms. The van der Waals surface area contributed by atoms with Crippen molar-refractivity contribution in [1.82, 2.24) is 4.98 Å². The Balaban J connectivity index is 0. The molecule has 1 rings (SSSR count). The standard InChI is InChI=1S/C6H7NO.ClH.Cu/c1-8-6-4-2-3-5-7-6;;/h2-5H,1H3;1H;. The number of nitrogens with zero attached hydrogens (tertiary/aromatic N) is 1. The molecule has 61 valence electrons. The van der Waals surface area contributed by atoms with Crippen LogP contribution < -0.4 is 4.74 Å². The first kappa shape index (κ1) is 12.4. The van der Waals surface area contributed by atoms with Crippen LogP contribution in [-0.2, 0) is 17.1 Å². The van der Waals surface area contributed by atoms with Crippen LogP contribution in [0.4, 0.5) is 0 Å². The molecule has 0 aromatic carbocycles. The summed E-state index contributed by atoms with van der Waals surface area (Å²) in [5, 5.41) is 0. The normalized spacial score (nSPS) is 6.90. The first-order valence-corrected chi connectivity index (χ1v) is 2.38. The minimum absolute atomic E-state index is 0. The van der Waals surface area contributed by atoms with E-state index in [1.165, 1.54) is 0 Å². The summed E-state index contributed by atoms with van der Waals surface area (Å²) >= 11 is 0. The minimum atomic E-state index is 0. The number of ether oxygens (including phenoxy) is 1. The van der Waals surface area contributed by atoms with Gasteiger partial charge in [0.15, 0.2) is 0 Å². The molecule has 0 amide bonds. The Bertz CT molecular complexity index is 159. The van der Waals surface area contributed by atoms with Gasteiger partial charge in [-0.3, -0.25) is 0 Å². The van der Waals surface area contributed by atoms with E-state index in [0.717, 1.165) is 0 Å². The van der Waals surface area contributed by atoms with Crippen molar-refractivity contribution in [2.24, 2.45) is 0 Å². The summed E-state index contributed by atoms with van der Waals surface area (Å²) in [5.74, 6) is 0.660. The maximum absolute atomic E-state index is 4.80. The Morgan fingerprint density at radius 2 is 2.10 bits per heavy atom. The molecule has 0 aliphatic rings. The molecule has 0 aliphatic heterocycles. The van der Waals surface area contributed by atoms with Gasteiger partial charge in [-0.25, -0.2) is 4.98 Å². The molecule has 1 radical (unpaired) electrons. The van der Waals surface area contributed by atoms with Crippen LogP contribution in [0.2, 0.25) is 0 Å². The second-order valence-electron chi connectivity index (χ2n) is 1.37. The fraction of sp³-hybridized carbons (Fsp3) is 0.167. The minimum Gasteiger partial charge on any atom is -0.481 e. The Morgan fingerprint density at radius 3 is 2.40 bits per heavy atom. The van der Waals surface area contributed by atoms with Crippen molar-refractivity contribution < 1.29 is 21.8 Å². The Morgan fingerprint density at radius 1 is 1.40 bits per heavy atom. The third-order valence-electron chi connectivity index (χ3n) is 0.847. The first-order valence-electron chi connectivity index (χ1n) is 2.38. The van der Waals surface area contributed by atoms with Crippen LogP contribution >= 0.6 is 12.4 Å². The van der Waals surface area contributed by atoms with Gasteiger partial charge in [-0.05, 0) is 6.07 Å². The van der Waals surface area contributed by atoms with E-state index in [9.17, 15) is 0 Å². The van der Waals surface area contributed by atoms with Gasteiger partial charge >= 0.3 is 0 Å². The fourth-order valence-corrected chi connectivity index (χ4v) is 0.468. The van der Waals surface area contributed by atoms with E-state index < -0.39 is 0 Å². The number of rotatable bonds is 1. The van der Waals surface area contributed by atoms with Gasteiger partial charge in [0.2, 0.25) is 5.88 Å². The van der Waals surface area contributed by atoms with Crippen molar-refractivity contribution in [3.63, 3.8) is 0 Å². The molecule has 10 heavy (non-hydrogen) atoms. The van der Waals surface area contributed by atoms with Crippen LogP contribution in [-0.4, -0.2) is 12.1 Å². The Hall–Kier alpha value is -0.241. The number of halogens is 1. The van der Waals surface area contributed by atoms with E-state index in [-0.39, 0.29) is 29.5 Å². The number of aromatic nitrogens is 1. The van der Waals surface area contributed by atoms with Gasteiger partial charge < -0.3 is 4.74 Å². The number of hydrogen-bond donors (Lipinski definition) is 0. The Kier molecular flexibility index (Phi) is 8.55. The van der Waals surface area contributed by atoms with Crippen molar-refractivity contribution in [3.05, 3.63) is 24.4 Å². The summed E-state index contributed by atoms with van der Waals surface area (Å²) < 4.78 is 4.80. The molecule has 0 aliphatic carbocycles. The van der Waals surface area contributed by atoms with E-state index >= 15 is 0 Å². The van der Waals surface area contributed by atoms with Crippen LogP contribution in [0.25, 0.3) is 0 Å². The maximum atomic E-state index is 4.80. The Labute approximate surface area is 76.9 Å². The third-order valence-corrected chi connectivity index (χ3v) is 0.847. The van der Waals surface area contributed by atoms with Gasteiger partial charge in [-0.1, -0.05) is 6.07 Å². The molecule has 0 spiro atoms. The molecule has 0 fully saturated rings. The largest absolute Gasteiger partial charge is 0.481 e. The monoisotopic (exact) mass is 208 g/mol. The third kappa shape index (κ3) is 3.72. The van der Waals surface area contributed by atoms with E-state index in [1.807, 2.05) is 12.1 Å². The topological polar surface area (TPSA) is 22.1 Å². The van der Waals surface area contributed by atoms with Crippen molar-refractivity contribution in [2.75, 3.05) is 7.11 Å². The number of methoxy groups -OCH3 is 1. The van der Waals surface area contributed by atoms with Gasteiger partial charge in [-0.2, -0.15) is 0 Å². The van der Waals surface area contributed by atoms with Gasteiger partial charge in [-0.15, -0.1) is 12.4 Å². The van der Waals surface area contributed by atoms with Crippen molar-refractivity contribution in [2.45, 2.75) is 0 Å². The van der Waals surface area contributed by atoms with E-state index in [1.54, 1.807) is 19.4 Å². The zero-order valence-electron chi connectivity index (χ0n) is 5.37. The molecule has 2 nitrogen and oxygen atoms in total. The average Bonchev–Trinajstić information content (AvgIpc) is 1.90. The molecule has 1 aromatic heterocycles. The van der Waals surface area contributed by atoms with Crippen LogP contribution in [0.5, 0.6) is 5.88 Å². The fourth-order valence-electron chi connectivity index (χ4n) is 0.468. The molecular formula is C6H8ClCuNO. The SMILES string of the molecule is COc1ccccn1.Cl.[Cu]. The summed E-state index contributed by atoms with van der Waals surface area (Å²) in [5.41, 5.74) is 0. The van der Waals surface area contributed by atoms with Crippen LogP contribution in [0, 0.1) is 0 Å². The van der Waals surface area contributed by atoms with Crippen LogP contribution in [0.3, 0.4) is 0 Å². The van der Waals surface area contributed by atoms with Gasteiger partial charge in [0.25, 0.3) is 0 Å². The van der Waals surface area contributed by atoms with Gasteiger partial charge in [0.05, 0.1) is 7.11 Å². The maximum Gasteiger partial charge on any atom is 0.212 e. The van der Waals surface area contributed by atoms with Crippen LogP contribution in [0.15, 0.2) is 24.4 Å². The van der Waals surface area contributed by atoms with Crippen LogP contribution in [0.1, 0.15) is 0 Å². The molecule has 0 saturated carbocycles. The van der Waals surface area contributed by atoms with E-state index in [2.05, 4.69) is 4.98 Å². The van der Waals surface area contributed by atoms with E-state index in [4.69, 9.17) is 4.74 Å². The second kappa shape index (κ2) is 6.87. The second-order valence-corrected chi connectivity index (χ2v) is 1.37. The van der Waals surface area contributed by atoms with Crippen molar-refractivity contribution in [1.29, 1.82) is 0 Å². The molecule has 0 N–H and O–H groups in total. The average molecular weight is 209 g/mol.